The summed E-state index contributed by atoms with van der Waals surface area (Å²) in [5.41, 5.74) is -4.36. The van der Waals surface area contributed by atoms with E-state index in [1.54, 1.807) is 0 Å². The van der Waals surface area contributed by atoms with E-state index < -0.39 is 23.6 Å². The van der Waals surface area contributed by atoms with Crippen LogP contribution in [0.15, 0.2) is 0 Å². The minimum atomic E-state index is -4.36. The summed E-state index contributed by atoms with van der Waals surface area (Å²) in [5, 5.41) is 12.8. The predicted molar refractivity (Wildman–Crippen MR) is 59.9 cm³/mol. The molecule has 0 aliphatic heterocycles. The number of hydrogen-bond acceptors (Lipinski definition) is 3. The zero-order valence-electron chi connectivity index (χ0n) is 9.08. The number of hydrogen-bond donors (Lipinski definition) is 3. The Morgan fingerprint density at radius 1 is 1.44 bits per heavy atom. The molecule has 9 heteroatoms. The van der Waals surface area contributed by atoms with Gasteiger partial charge in [0.2, 0.25) is 0 Å². The van der Waals surface area contributed by atoms with E-state index in [1.165, 1.54) is 0 Å². The van der Waals surface area contributed by atoms with Gasteiger partial charge in [0.15, 0.2) is 0 Å². The Kier molecular flexibility index (Phi) is 7.04. The first kappa shape index (κ1) is 16.4. The summed E-state index contributed by atoms with van der Waals surface area (Å²) in [6, 6.07) is -2.13. The lowest BCUT2D eigenvalue weighted by Gasteiger charge is -2.12. The number of urea groups is 1. The van der Waals surface area contributed by atoms with Crippen molar-refractivity contribution >= 4 is 23.8 Å². The standard InChI is InChI=1S/C9H11F3N2O3S/c1-2-3-6(7(15)16)14-8(17)13-4-5-18-9(10,11)12/h1,6H,3-5H2,(H,15,16)(H2,13,14,17). The van der Waals surface area contributed by atoms with Crippen molar-refractivity contribution in [3.8, 4) is 12.3 Å². The molecule has 1 unspecified atom stereocenters. The van der Waals surface area contributed by atoms with Gasteiger partial charge in [0.05, 0.1) is 0 Å². The highest BCUT2D eigenvalue weighted by Gasteiger charge is 2.27. The molecular formula is C9H11F3N2O3S. The van der Waals surface area contributed by atoms with Gasteiger partial charge >= 0.3 is 17.5 Å². The minimum Gasteiger partial charge on any atom is -0.480 e. The summed E-state index contributed by atoms with van der Waals surface area (Å²) in [6.07, 6.45) is 4.69. The second-order valence-corrected chi connectivity index (χ2v) is 4.15. The van der Waals surface area contributed by atoms with E-state index in [0.717, 1.165) is 0 Å². The number of amides is 2. The third-order valence-corrected chi connectivity index (χ3v) is 2.31. The van der Waals surface area contributed by atoms with Crippen molar-refractivity contribution in [2.75, 3.05) is 12.3 Å². The average Bonchev–Trinajstić information content (AvgIpc) is 2.22. The topological polar surface area (TPSA) is 78.4 Å². The molecule has 5 nitrogen and oxygen atoms in total. The van der Waals surface area contributed by atoms with Crippen LogP contribution in [0.25, 0.3) is 0 Å². The van der Waals surface area contributed by atoms with Crippen molar-refractivity contribution in [3.63, 3.8) is 0 Å². The van der Waals surface area contributed by atoms with E-state index in [4.69, 9.17) is 11.5 Å². The van der Waals surface area contributed by atoms with Crippen molar-refractivity contribution in [1.29, 1.82) is 0 Å². The van der Waals surface area contributed by atoms with Gasteiger partial charge in [-0.05, 0) is 11.8 Å². The molecule has 0 rings (SSSR count). The van der Waals surface area contributed by atoms with E-state index in [0.29, 0.717) is 0 Å². The van der Waals surface area contributed by atoms with Crippen LogP contribution in [-0.4, -0.2) is 41.0 Å². The number of rotatable bonds is 6. The summed E-state index contributed by atoms with van der Waals surface area (Å²) in [7, 11) is 0. The molecule has 102 valence electrons. The maximum absolute atomic E-state index is 11.7. The number of nitrogens with one attached hydrogen (secondary N) is 2. The Morgan fingerprint density at radius 2 is 2.06 bits per heavy atom. The molecule has 0 aliphatic carbocycles. The highest BCUT2D eigenvalue weighted by Crippen LogP contribution is 2.29. The Balaban J connectivity index is 3.90. The van der Waals surface area contributed by atoms with Crippen LogP contribution < -0.4 is 10.6 Å². The molecule has 0 fully saturated rings. The lowest BCUT2D eigenvalue weighted by molar-refractivity contribution is -0.139. The number of thioether (sulfide) groups is 1. The highest BCUT2D eigenvalue weighted by molar-refractivity contribution is 8.00. The van der Waals surface area contributed by atoms with Gasteiger partial charge in [-0.1, -0.05) is 0 Å². The lowest BCUT2D eigenvalue weighted by atomic mass is 10.2. The molecule has 0 aromatic carbocycles. The first-order valence-corrected chi connectivity index (χ1v) is 5.66. The van der Waals surface area contributed by atoms with Gasteiger partial charge in [0.25, 0.3) is 0 Å². The van der Waals surface area contributed by atoms with Crippen molar-refractivity contribution in [3.05, 3.63) is 0 Å². The van der Waals surface area contributed by atoms with Crippen molar-refractivity contribution in [2.24, 2.45) is 0 Å². The Labute approximate surface area is 105 Å². The van der Waals surface area contributed by atoms with Crippen LogP contribution in [0.5, 0.6) is 0 Å². The van der Waals surface area contributed by atoms with Gasteiger partial charge in [-0.2, -0.15) is 13.2 Å². The summed E-state index contributed by atoms with van der Waals surface area (Å²) < 4.78 is 35.2. The fourth-order valence-corrected chi connectivity index (χ4v) is 1.29. The normalized spacial score (nSPS) is 12.3. The molecule has 18 heavy (non-hydrogen) atoms. The molecular weight excluding hydrogens is 273 g/mol. The fourth-order valence-electron chi connectivity index (χ4n) is 0.859. The van der Waals surface area contributed by atoms with Gasteiger partial charge in [-0.25, -0.2) is 9.59 Å². The highest BCUT2D eigenvalue weighted by atomic mass is 32.2. The number of carboxylic acid groups (broad SMARTS) is 1. The van der Waals surface area contributed by atoms with E-state index >= 15 is 0 Å². The van der Waals surface area contributed by atoms with Crippen molar-refractivity contribution in [1.82, 2.24) is 10.6 Å². The molecule has 0 saturated heterocycles. The second-order valence-electron chi connectivity index (χ2n) is 2.99. The first-order chi connectivity index (χ1) is 8.26. The molecule has 0 aliphatic rings. The van der Waals surface area contributed by atoms with E-state index in [1.807, 2.05) is 5.32 Å². The maximum atomic E-state index is 11.7. The molecule has 0 spiro atoms. The van der Waals surface area contributed by atoms with Crippen LogP contribution in [0.1, 0.15) is 6.42 Å². The number of terminal acetylenes is 1. The number of alkyl halides is 3. The monoisotopic (exact) mass is 284 g/mol. The van der Waals surface area contributed by atoms with E-state index in [-0.39, 0.29) is 30.5 Å². The van der Waals surface area contributed by atoms with Crippen LogP contribution in [0.4, 0.5) is 18.0 Å². The van der Waals surface area contributed by atoms with Gasteiger partial charge < -0.3 is 15.7 Å². The minimum absolute atomic E-state index is 0.208. The number of carboxylic acids is 1. The zero-order valence-corrected chi connectivity index (χ0v) is 9.90. The Bertz CT molecular complexity index is 341. The van der Waals surface area contributed by atoms with Crippen LogP contribution >= 0.6 is 11.8 Å². The third kappa shape index (κ3) is 8.58. The summed E-state index contributed by atoms with van der Waals surface area (Å²) in [5.74, 6) is 0.396. The molecule has 0 saturated carbocycles. The fraction of sp³-hybridized carbons (Fsp3) is 0.556. The summed E-state index contributed by atoms with van der Waals surface area (Å²) in [6.45, 7) is -0.238. The molecule has 1 atom stereocenters. The average molecular weight is 284 g/mol. The molecule has 0 aromatic rings. The third-order valence-electron chi connectivity index (χ3n) is 1.58. The number of halogens is 3. The summed E-state index contributed by atoms with van der Waals surface area (Å²) in [4.78, 5) is 21.7. The SMILES string of the molecule is C#CCC(NC(=O)NCCSC(F)(F)F)C(=O)O. The lowest BCUT2D eigenvalue weighted by Crippen LogP contribution is -2.46. The molecule has 0 bridgehead atoms. The van der Waals surface area contributed by atoms with Crippen LogP contribution in [0.3, 0.4) is 0 Å². The van der Waals surface area contributed by atoms with Gasteiger partial charge in [-0.15, -0.1) is 12.3 Å². The molecule has 3 N–H and O–H groups in total. The van der Waals surface area contributed by atoms with E-state index in [9.17, 15) is 22.8 Å². The predicted octanol–water partition coefficient (Wildman–Crippen LogP) is 1.02. The molecule has 2 amide bonds. The first-order valence-electron chi connectivity index (χ1n) is 4.67. The molecule has 0 radical (unpaired) electrons. The zero-order chi connectivity index (χ0) is 14.2. The second kappa shape index (κ2) is 7.71. The van der Waals surface area contributed by atoms with Crippen LogP contribution in [0.2, 0.25) is 0 Å². The van der Waals surface area contributed by atoms with Crippen molar-refractivity contribution < 1.29 is 27.9 Å². The van der Waals surface area contributed by atoms with E-state index in [2.05, 4.69) is 11.2 Å². The summed E-state index contributed by atoms with van der Waals surface area (Å²) >= 11 is -0.280. The Morgan fingerprint density at radius 3 is 2.50 bits per heavy atom. The van der Waals surface area contributed by atoms with Gasteiger partial charge in [-0.3, -0.25) is 0 Å². The number of aliphatic carboxylic acids is 1. The number of carbonyl (C=O) groups excluding carboxylic acids is 1. The van der Waals surface area contributed by atoms with Crippen molar-refractivity contribution in [2.45, 2.75) is 18.0 Å². The maximum Gasteiger partial charge on any atom is 0.441 e. The smallest absolute Gasteiger partial charge is 0.441 e. The molecule has 0 heterocycles. The molecule has 0 aromatic heterocycles. The largest absolute Gasteiger partial charge is 0.480 e. The van der Waals surface area contributed by atoms with Crippen LogP contribution in [0, 0.1) is 12.3 Å². The van der Waals surface area contributed by atoms with Gasteiger partial charge in [0.1, 0.15) is 6.04 Å². The van der Waals surface area contributed by atoms with Crippen LogP contribution in [-0.2, 0) is 4.79 Å². The van der Waals surface area contributed by atoms with Gasteiger partial charge in [0, 0.05) is 18.7 Å². The number of carbonyl (C=O) groups is 2. The quantitative estimate of drug-likeness (QED) is 0.502. The Hall–Kier alpha value is -1.56.